The Morgan fingerprint density at radius 1 is 0.966 bits per heavy atom. The van der Waals surface area contributed by atoms with E-state index in [1.807, 2.05) is 34.6 Å². The second-order valence-corrected chi connectivity index (χ2v) is 9.08. The fourth-order valence-corrected chi connectivity index (χ4v) is 3.62. The van der Waals surface area contributed by atoms with Crippen molar-refractivity contribution < 1.29 is 23.5 Å². The maximum Gasteiger partial charge on any atom is 0.410 e. The number of piperidine rings is 1. The van der Waals surface area contributed by atoms with Crippen LogP contribution in [0.15, 0.2) is 4.42 Å². The second-order valence-electron chi connectivity index (χ2n) is 9.08. The Labute approximate surface area is 171 Å². The summed E-state index contributed by atoms with van der Waals surface area (Å²) in [7, 11) is 0. The van der Waals surface area contributed by atoms with Gasteiger partial charge in [-0.3, -0.25) is 0 Å². The molecule has 0 saturated carbocycles. The Kier molecular flexibility index (Phi) is 6.33. The van der Waals surface area contributed by atoms with E-state index in [-0.39, 0.29) is 30.1 Å². The van der Waals surface area contributed by atoms with Crippen molar-refractivity contribution in [2.24, 2.45) is 0 Å². The molecule has 1 aromatic heterocycles. The van der Waals surface area contributed by atoms with Gasteiger partial charge >= 0.3 is 12.2 Å². The van der Waals surface area contributed by atoms with Gasteiger partial charge in [-0.25, -0.2) is 9.59 Å². The Morgan fingerprint density at radius 3 is 2.10 bits per heavy atom. The van der Waals surface area contributed by atoms with Gasteiger partial charge in [0.15, 0.2) is 0 Å². The first kappa shape index (κ1) is 21.4. The fourth-order valence-electron chi connectivity index (χ4n) is 3.62. The molecular formula is C20H32N4O5. The molecule has 0 aliphatic carbocycles. The molecule has 162 valence electrons. The predicted octanol–water partition coefficient (Wildman–Crippen LogP) is 3.52. The first-order valence-electron chi connectivity index (χ1n) is 10.4. The zero-order valence-electron chi connectivity index (χ0n) is 18.0. The Balaban J connectivity index is 1.52. The highest BCUT2D eigenvalue weighted by Crippen LogP contribution is 2.32. The van der Waals surface area contributed by atoms with Crippen molar-refractivity contribution in [3.05, 3.63) is 11.8 Å². The molecule has 2 aliphatic rings. The average molecular weight is 408 g/mol. The number of rotatable bonds is 3. The minimum Gasteiger partial charge on any atom is -0.447 e. The van der Waals surface area contributed by atoms with Crippen LogP contribution in [-0.4, -0.2) is 70.1 Å². The van der Waals surface area contributed by atoms with Crippen LogP contribution in [0.1, 0.15) is 77.5 Å². The molecule has 0 N–H and O–H groups in total. The highest BCUT2D eigenvalue weighted by atomic mass is 16.6. The second kappa shape index (κ2) is 8.59. The van der Waals surface area contributed by atoms with Gasteiger partial charge in [-0.05, 0) is 53.9 Å². The molecular weight excluding hydrogens is 376 g/mol. The van der Waals surface area contributed by atoms with E-state index in [2.05, 4.69) is 10.2 Å². The molecule has 3 heterocycles. The lowest BCUT2D eigenvalue weighted by Gasteiger charge is -2.30. The summed E-state index contributed by atoms with van der Waals surface area (Å²) in [6, 6.07) is 0. The number of carbonyl (C=O) groups is 2. The van der Waals surface area contributed by atoms with Crippen LogP contribution >= 0.6 is 0 Å². The highest BCUT2D eigenvalue weighted by Gasteiger charge is 2.34. The lowest BCUT2D eigenvalue weighted by atomic mass is 9.97. The van der Waals surface area contributed by atoms with Gasteiger partial charge in [-0.1, -0.05) is 0 Å². The van der Waals surface area contributed by atoms with Crippen molar-refractivity contribution in [2.75, 3.05) is 26.2 Å². The molecule has 3 rings (SSSR count). The number of hydrogen-bond acceptors (Lipinski definition) is 7. The number of ether oxygens (including phenoxy) is 2. The molecule has 0 aromatic carbocycles. The smallest absolute Gasteiger partial charge is 0.410 e. The number of likely N-dealkylation sites (tertiary alicyclic amines) is 2. The summed E-state index contributed by atoms with van der Waals surface area (Å²) in [5, 5.41) is 8.48. The molecule has 2 aliphatic heterocycles. The van der Waals surface area contributed by atoms with Gasteiger partial charge in [-0.15, -0.1) is 10.2 Å². The van der Waals surface area contributed by atoms with Gasteiger partial charge in [-0.2, -0.15) is 0 Å². The summed E-state index contributed by atoms with van der Waals surface area (Å²) < 4.78 is 16.7. The molecule has 29 heavy (non-hydrogen) atoms. The van der Waals surface area contributed by atoms with Crippen LogP contribution in [0.2, 0.25) is 0 Å². The van der Waals surface area contributed by atoms with Crippen LogP contribution in [-0.2, 0) is 9.47 Å². The molecule has 2 amide bonds. The first-order valence-corrected chi connectivity index (χ1v) is 10.4. The van der Waals surface area contributed by atoms with E-state index in [4.69, 9.17) is 13.9 Å². The molecule has 9 nitrogen and oxygen atoms in total. The lowest BCUT2D eigenvalue weighted by molar-refractivity contribution is 0.0291. The summed E-state index contributed by atoms with van der Waals surface area (Å²) in [5.41, 5.74) is -0.511. The van der Waals surface area contributed by atoms with Gasteiger partial charge in [0.05, 0.1) is 12.0 Å². The minimum absolute atomic E-state index is 0.0323. The molecule has 1 atom stereocenters. The summed E-state index contributed by atoms with van der Waals surface area (Å²) in [6.45, 7) is 11.6. The van der Waals surface area contributed by atoms with Crippen LogP contribution < -0.4 is 0 Å². The number of hydrogen-bond donors (Lipinski definition) is 0. The van der Waals surface area contributed by atoms with E-state index in [1.165, 1.54) is 0 Å². The highest BCUT2D eigenvalue weighted by molar-refractivity contribution is 5.68. The number of nitrogens with zero attached hydrogens (tertiary/aromatic N) is 4. The van der Waals surface area contributed by atoms with Gasteiger partial charge in [0.2, 0.25) is 11.8 Å². The third kappa shape index (κ3) is 5.61. The van der Waals surface area contributed by atoms with Crippen LogP contribution in [0.3, 0.4) is 0 Å². The number of aromatic nitrogens is 2. The van der Waals surface area contributed by atoms with E-state index >= 15 is 0 Å². The van der Waals surface area contributed by atoms with Crippen molar-refractivity contribution in [1.82, 2.24) is 20.0 Å². The van der Waals surface area contributed by atoms with Crippen molar-refractivity contribution in [2.45, 2.75) is 77.4 Å². The lowest BCUT2D eigenvalue weighted by Crippen LogP contribution is -2.39. The Bertz CT molecular complexity index is 719. The van der Waals surface area contributed by atoms with Crippen LogP contribution in [0.5, 0.6) is 0 Å². The minimum atomic E-state index is -0.511. The molecule has 0 radical (unpaired) electrons. The Morgan fingerprint density at radius 2 is 1.52 bits per heavy atom. The molecule has 0 bridgehead atoms. The largest absolute Gasteiger partial charge is 0.447 e. The van der Waals surface area contributed by atoms with Gasteiger partial charge in [0, 0.05) is 32.1 Å². The van der Waals surface area contributed by atoms with Crippen LogP contribution in [0, 0.1) is 0 Å². The van der Waals surface area contributed by atoms with Crippen molar-refractivity contribution in [1.29, 1.82) is 0 Å². The monoisotopic (exact) mass is 408 g/mol. The maximum atomic E-state index is 12.2. The Hall–Kier alpha value is -2.32. The molecule has 1 aromatic rings. The summed E-state index contributed by atoms with van der Waals surface area (Å²) >= 11 is 0. The van der Waals surface area contributed by atoms with E-state index < -0.39 is 5.60 Å². The van der Waals surface area contributed by atoms with E-state index in [1.54, 1.807) is 9.80 Å². The van der Waals surface area contributed by atoms with Crippen molar-refractivity contribution in [3.63, 3.8) is 0 Å². The average Bonchev–Trinajstić information content (AvgIpc) is 3.29. The van der Waals surface area contributed by atoms with E-state index in [9.17, 15) is 9.59 Å². The van der Waals surface area contributed by atoms with Crippen LogP contribution in [0.4, 0.5) is 9.59 Å². The summed E-state index contributed by atoms with van der Waals surface area (Å²) in [5.74, 6) is 1.37. The first-order chi connectivity index (χ1) is 13.6. The number of carbonyl (C=O) groups excluding carboxylic acids is 2. The molecule has 2 fully saturated rings. The predicted molar refractivity (Wildman–Crippen MR) is 105 cm³/mol. The molecule has 2 saturated heterocycles. The third-order valence-corrected chi connectivity index (χ3v) is 5.08. The molecule has 0 unspecified atom stereocenters. The fraction of sp³-hybridized carbons (Fsp3) is 0.800. The van der Waals surface area contributed by atoms with E-state index in [0.29, 0.717) is 38.0 Å². The zero-order valence-corrected chi connectivity index (χ0v) is 18.0. The summed E-state index contributed by atoms with van der Waals surface area (Å²) in [4.78, 5) is 27.7. The topological polar surface area (TPSA) is 98.0 Å². The third-order valence-electron chi connectivity index (χ3n) is 5.08. The summed E-state index contributed by atoms with van der Waals surface area (Å²) in [6.07, 6.45) is 1.62. The number of amides is 2. The molecule has 9 heteroatoms. The van der Waals surface area contributed by atoms with Gasteiger partial charge in [0.1, 0.15) is 5.60 Å². The zero-order chi connectivity index (χ0) is 21.2. The van der Waals surface area contributed by atoms with Gasteiger partial charge in [0.25, 0.3) is 0 Å². The van der Waals surface area contributed by atoms with E-state index in [0.717, 1.165) is 19.3 Å². The van der Waals surface area contributed by atoms with Gasteiger partial charge < -0.3 is 23.7 Å². The quantitative estimate of drug-likeness (QED) is 0.754. The van der Waals surface area contributed by atoms with Crippen molar-refractivity contribution in [3.8, 4) is 0 Å². The maximum absolute atomic E-state index is 12.2. The SMILES string of the molecule is CC(C)OC(=O)N1CCC(c2nnc([C@H]3CCN(C(=O)OC(C)(C)C)C3)o2)CC1. The normalized spacial score (nSPS) is 21.0. The standard InChI is InChI=1S/C20H32N4O5/c1-13(2)27-18(25)23-9-6-14(7-10-23)16-21-22-17(28-16)15-8-11-24(12-15)19(26)29-20(3,4)5/h13-15H,6-12H2,1-5H3/t15-/m0/s1. The van der Waals surface area contributed by atoms with Crippen molar-refractivity contribution >= 4 is 12.2 Å². The molecule has 0 spiro atoms. The van der Waals surface area contributed by atoms with Crippen LogP contribution in [0.25, 0.3) is 0 Å².